The smallest absolute Gasteiger partial charge is 0.255 e. The number of amides is 1. The lowest BCUT2D eigenvalue weighted by atomic mass is 10.1. The summed E-state index contributed by atoms with van der Waals surface area (Å²) in [4.78, 5) is 12.8. The van der Waals surface area contributed by atoms with Gasteiger partial charge in [0.25, 0.3) is 5.91 Å². The quantitative estimate of drug-likeness (QED) is 0.704. The number of piperidine rings is 1. The number of H-pyrrole nitrogens is 1. The molecule has 4 rings (SSSR count). The zero-order chi connectivity index (χ0) is 19.7. The van der Waals surface area contributed by atoms with Crippen LogP contribution in [0.5, 0.6) is 0 Å². The standard InChI is InChI=1S/C20H22N4O3S/c1-14-5-2-3-10-24(14)28(26,27)18-7-4-6-15(12-18)20(25)22-17-8-9-19-16(11-17)13-21-23-19/h4,6-9,11-14H,2-3,5,10H2,1H3,(H,21,23)(H,22,25)/t14-/m0/s1. The van der Waals surface area contributed by atoms with Gasteiger partial charge in [-0.1, -0.05) is 12.5 Å². The molecule has 0 radical (unpaired) electrons. The molecule has 3 aromatic rings. The van der Waals surface area contributed by atoms with Crippen LogP contribution in [0.1, 0.15) is 36.5 Å². The summed E-state index contributed by atoms with van der Waals surface area (Å²) >= 11 is 0. The topological polar surface area (TPSA) is 95.2 Å². The number of sulfonamides is 1. The van der Waals surface area contributed by atoms with Crippen molar-refractivity contribution in [2.24, 2.45) is 0 Å². The molecule has 1 amide bonds. The summed E-state index contributed by atoms with van der Waals surface area (Å²) in [6, 6.07) is 11.6. The fourth-order valence-electron chi connectivity index (χ4n) is 3.59. The largest absolute Gasteiger partial charge is 0.322 e. The molecule has 2 N–H and O–H groups in total. The molecule has 1 aromatic heterocycles. The first-order chi connectivity index (χ1) is 13.4. The van der Waals surface area contributed by atoms with E-state index in [9.17, 15) is 13.2 Å². The van der Waals surface area contributed by atoms with Crippen LogP contribution in [-0.2, 0) is 10.0 Å². The van der Waals surface area contributed by atoms with Gasteiger partial charge in [0.1, 0.15) is 0 Å². The molecule has 8 heteroatoms. The average Bonchev–Trinajstić information content (AvgIpc) is 3.16. The molecule has 28 heavy (non-hydrogen) atoms. The maximum absolute atomic E-state index is 13.0. The predicted molar refractivity (Wildman–Crippen MR) is 108 cm³/mol. The zero-order valence-electron chi connectivity index (χ0n) is 15.6. The third-order valence-corrected chi connectivity index (χ3v) is 7.15. The molecular formula is C20H22N4O3S. The molecule has 0 spiro atoms. The van der Waals surface area contributed by atoms with Crippen LogP contribution in [0, 0.1) is 0 Å². The van der Waals surface area contributed by atoms with E-state index in [4.69, 9.17) is 0 Å². The molecule has 0 bridgehead atoms. The van der Waals surface area contributed by atoms with Crippen molar-refractivity contribution in [1.29, 1.82) is 0 Å². The lowest BCUT2D eigenvalue weighted by Gasteiger charge is -2.32. The van der Waals surface area contributed by atoms with Gasteiger partial charge in [0, 0.05) is 29.2 Å². The fraction of sp³-hybridized carbons (Fsp3) is 0.300. The van der Waals surface area contributed by atoms with Crippen LogP contribution in [0.15, 0.2) is 53.6 Å². The van der Waals surface area contributed by atoms with Gasteiger partial charge < -0.3 is 5.32 Å². The van der Waals surface area contributed by atoms with Crippen LogP contribution in [0.3, 0.4) is 0 Å². The number of nitrogens with one attached hydrogen (secondary N) is 2. The number of aromatic nitrogens is 2. The van der Waals surface area contributed by atoms with Gasteiger partial charge in [-0.25, -0.2) is 8.42 Å². The van der Waals surface area contributed by atoms with Gasteiger partial charge in [-0.2, -0.15) is 9.40 Å². The number of hydrogen-bond donors (Lipinski definition) is 2. The minimum Gasteiger partial charge on any atom is -0.322 e. The summed E-state index contributed by atoms with van der Waals surface area (Å²) in [6.07, 6.45) is 4.44. The molecule has 1 aliphatic heterocycles. The Bertz CT molecular complexity index is 1120. The van der Waals surface area contributed by atoms with Gasteiger partial charge in [0.05, 0.1) is 16.6 Å². The molecular weight excluding hydrogens is 376 g/mol. The maximum atomic E-state index is 13.0. The number of carbonyl (C=O) groups excluding carboxylic acids is 1. The Morgan fingerprint density at radius 2 is 2.07 bits per heavy atom. The van der Waals surface area contributed by atoms with Crippen molar-refractivity contribution in [3.05, 3.63) is 54.2 Å². The Kier molecular flexibility index (Phi) is 4.91. The highest BCUT2D eigenvalue weighted by Crippen LogP contribution is 2.26. The van der Waals surface area contributed by atoms with E-state index in [2.05, 4.69) is 15.5 Å². The monoisotopic (exact) mass is 398 g/mol. The van der Waals surface area contributed by atoms with E-state index in [0.29, 0.717) is 17.8 Å². The van der Waals surface area contributed by atoms with E-state index >= 15 is 0 Å². The SMILES string of the molecule is C[C@H]1CCCCN1S(=O)(=O)c1cccc(C(=O)Nc2ccc3[nH]ncc3c2)c1. The van der Waals surface area contributed by atoms with Crippen LogP contribution in [-0.4, -0.2) is 41.4 Å². The first-order valence-corrected chi connectivity index (χ1v) is 10.8. The second-order valence-electron chi connectivity index (χ2n) is 7.11. The van der Waals surface area contributed by atoms with Gasteiger partial charge in [0.2, 0.25) is 10.0 Å². The molecule has 7 nitrogen and oxygen atoms in total. The Morgan fingerprint density at radius 3 is 2.89 bits per heavy atom. The molecule has 146 valence electrons. The van der Waals surface area contributed by atoms with Gasteiger partial charge in [0.15, 0.2) is 0 Å². The number of carbonyl (C=O) groups is 1. The third-order valence-electron chi connectivity index (χ3n) is 5.14. The van der Waals surface area contributed by atoms with Crippen LogP contribution < -0.4 is 5.32 Å². The lowest BCUT2D eigenvalue weighted by Crippen LogP contribution is -2.41. The first kappa shape index (κ1) is 18.6. The highest BCUT2D eigenvalue weighted by Gasteiger charge is 2.31. The second kappa shape index (κ2) is 7.37. The minimum atomic E-state index is -3.62. The van der Waals surface area contributed by atoms with Crippen LogP contribution in [0.25, 0.3) is 10.9 Å². The zero-order valence-corrected chi connectivity index (χ0v) is 16.4. The molecule has 2 heterocycles. The number of benzene rings is 2. The van der Waals surface area contributed by atoms with Crippen LogP contribution in [0.4, 0.5) is 5.69 Å². The summed E-state index contributed by atoms with van der Waals surface area (Å²) in [6.45, 7) is 2.45. The van der Waals surface area contributed by atoms with Crippen molar-refractivity contribution >= 4 is 32.5 Å². The van der Waals surface area contributed by atoms with Gasteiger partial charge in [-0.3, -0.25) is 9.89 Å². The third kappa shape index (κ3) is 3.53. The summed E-state index contributed by atoms with van der Waals surface area (Å²) < 4.78 is 27.6. The molecule has 0 unspecified atom stereocenters. The lowest BCUT2D eigenvalue weighted by molar-refractivity contribution is 0.102. The molecule has 1 aliphatic rings. The molecule has 0 saturated carbocycles. The fourth-order valence-corrected chi connectivity index (χ4v) is 5.33. The molecule has 1 saturated heterocycles. The number of rotatable bonds is 4. The van der Waals surface area contributed by atoms with E-state index in [-0.39, 0.29) is 16.8 Å². The summed E-state index contributed by atoms with van der Waals surface area (Å²) in [5.74, 6) is -0.355. The van der Waals surface area contributed by atoms with Crippen molar-refractivity contribution in [3.63, 3.8) is 0 Å². The van der Waals surface area contributed by atoms with E-state index in [1.165, 1.54) is 6.07 Å². The van der Waals surface area contributed by atoms with Crippen molar-refractivity contribution < 1.29 is 13.2 Å². The van der Waals surface area contributed by atoms with Gasteiger partial charge in [-0.15, -0.1) is 0 Å². The molecule has 2 aromatic carbocycles. The molecule has 1 fully saturated rings. The highest BCUT2D eigenvalue weighted by atomic mass is 32.2. The molecule has 1 atom stereocenters. The van der Waals surface area contributed by atoms with Crippen molar-refractivity contribution in [2.45, 2.75) is 37.1 Å². The summed E-state index contributed by atoms with van der Waals surface area (Å²) in [5.41, 5.74) is 1.80. The van der Waals surface area contributed by atoms with E-state index < -0.39 is 10.0 Å². The maximum Gasteiger partial charge on any atom is 0.255 e. The predicted octanol–water partition coefficient (Wildman–Crippen LogP) is 3.38. The number of aromatic amines is 1. The number of nitrogens with zero attached hydrogens (tertiary/aromatic N) is 2. The van der Waals surface area contributed by atoms with Crippen LogP contribution >= 0.6 is 0 Å². The highest BCUT2D eigenvalue weighted by molar-refractivity contribution is 7.89. The van der Waals surface area contributed by atoms with Crippen molar-refractivity contribution in [1.82, 2.24) is 14.5 Å². The van der Waals surface area contributed by atoms with Crippen molar-refractivity contribution in [2.75, 3.05) is 11.9 Å². The second-order valence-corrected chi connectivity index (χ2v) is 9.01. The summed E-state index contributed by atoms with van der Waals surface area (Å²) in [7, 11) is -3.62. The number of hydrogen-bond acceptors (Lipinski definition) is 4. The number of anilines is 1. The Balaban J connectivity index is 1.58. The van der Waals surface area contributed by atoms with Crippen LogP contribution in [0.2, 0.25) is 0 Å². The Labute approximate surface area is 163 Å². The van der Waals surface area contributed by atoms with Gasteiger partial charge >= 0.3 is 0 Å². The Morgan fingerprint density at radius 1 is 1.21 bits per heavy atom. The number of fused-ring (bicyclic) bond motifs is 1. The average molecular weight is 398 g/mol. The van der Waals surface area contributed by atoms with E-state index in [0.717, 1.165) is 30.2 Å². The van der Waals surface area contributed by atoms with Gasteiger partial charge in [-0.05, 0) is 56.2 Å². The van der Waals surface area contributed by atoms with E-state index in [1.807, 2.05) is 19.1 Å². The normalized spacial score (nSPS) is 18.2. The Hall–Kier alpha value is -2.71. The summed E-state index contributed by atoms with van der Waals surface area (Å²) in [5, 5.41) is 10.5. The molecule has 0 aliphatic carbocycles. The van der Waals surface area contributed by atoms with Crippen molar-refractivity contribution in [3.8, 4) is 0 Å². The minimum absolute atomic E-state index is 0.0297. The van der Waals surface area contributed by atoms with E-state index in [1.54, 1.807) is 34.8 Å². The first-order valence-electron chi connectivity index (χ1n) is 9.31.